The number of hydrogen-bond acceptors (Lipinski definition) is 2. The highest BCUT2D eigenvalue weighted by atomic mass is 127. The fourth-order valence-electron chi connectivity index (χ4n) is 1.97. The molecule has 1 amide bonds. The molecule has 0 aliphatic heterocycles. The Labute approximate surface area is 149 Å². The first-order chi connectivity index (χ1) is 10.2. The van der Waals surface area contributed by atoms with Gasteiger partial charge in [0, 0.05) is 32.6 Å². The normalized spacial score (nSPS) is 14.0. The monoisotopic (exact) mass is 416 g/mol. The van der Waals surface area contributed by atoms with Crippen LogP contribution in [0.2, 0.25) is 0 Å². The van der Waals surface area contributed by atoms with Gasteiger partial charge in [0.25, 0.3) is 0 Å². The molecule has 1 fully saturated rings. The van der Waals surface area contributed by atoms with E-state index in [0.717, 1.165) is 25.3 Å². The van der Waals surface area contributed by atoms with Crippen LogP contribution in [0.4, 0.5) is 0 Å². The second-order valence-corrected chi connectivity index (χ2v) is 5.40. The van der Waals surface area contributed by atoms with Crippen LogP contribution in [-0.4, -0.2) is 32.0 Å². The SMILES string of the molecule is CN=C(NCCNC(=O)C1CC1)NCc1ccc(C)cc1.I. The number of nitrogens with zero attached hydrogens (tertiary/aromatic N) is 1. The zero-order valence-corrected chi connectivity index (χ0v) is 15.5. The van der Waals surface area contributed by atoms with Gasteiger partial charge in [0.1, 0.15) is 0 Å². The summed E-state index contributed by atoms with van der Waals surface area (Å²) in [5, 5.41) is 9.36. The third kappa shape index (κ3) is 6.64. The van der Waals surface area contributed by atoms with Gasteiger partial charge in [-0.3, -0.25) is 9.79 Å². The number of aryl methyl sites for hydroxylation is 1. The second kappa shape index (κ2) is 9.66. The van der Waals surface area contributed by atoms with Gasteiger partial charge in [0.05, 0.1) is 0 Å². The summed E-state index contributed by atoms with van der Waals surface area (Å²) in [6.45, 7) is 4.11. The van der Waals surface area contributed by atoms with Crippen molar-refractivity contribution >= 4 is 35.8 Å². The van der Waals surface area contributed by atoms with Crippen LogP contribution in [0, 0.1) is 12.8 Å². The van der Waals surface area contributed by atoms with Crippen LogP contribution in [0.1, 0.15) is 24.0 Å². The molecule has 1 aliphatic rings. The number of halogens is 1. The van der Waals surface area contributed by atoms with E-state index < -0.39 is 0 Å². The van der Waals surface area contributed by atoms with Gasteiger partial charge in [-0.2, -0.15) is 0 Å². The van der Waals surface area contributed by atoms with Gasteiger partial charge >= 0.3 is 0 Å². The molecule has 0 heterocycles. The van der Waals surface area contributed by atoms with Gasteiger partial charge in [0.2, 0.25) is 5.91 Å². The fraction of sp³-hybridized carbons (Fsp3) is 0.500. The predicted octanol–water partition coefficient (Wildman–Crippen LogP) is 1.80. The standard InChI is InChI=1S/C16H24N4O.HI/c1-12-3-5-13(6-4-12)11-20-16(17-2)19-10-9-18-15(21)14-7-8-14;/h3-6,14H,7-11H2,1-2H3,(H,18,21)(H2,17,19,20);1H. The van der Waals surface area contributed by atoms with Crippen LogP contribution in [0.5, 0.6) is 0 Å². The maximum Gasteiger partial charge on any atom is 0.223 e. The molecule has 0 atom stereocenters. The summed E-state index contributed by atoms with van der Waals surface area (Å²) in [5.41, 5.74) is 2.47. The number of aliphatic imine (C=N–C) groups is 1. The van der Waals surface area contributed by atoms with Gasteiger partial charge in [-0.25, -0.2) is 0 Å². The zero-order valence-electron chi connectivity index (χ0n) is 13.2. The highest BCUT2D eigenvalue weighted by Crippen LogP contribution is 2.28. The topological polar surface area (TPSA) is 65.5 Å². The number of nitrogens with one attached hydrogen (secondary N) is 3. The lowest BCUT2D eigenvalue weighted by atomic mass is 10.1. The number of benzene rings is 1. The first-order valence-corrected chi connectivity index (χ1v) is 7.47. The van der Waals surface area contributed by atoms with Crippen molar-refractivity contribution in [3.05, 3.63) is 35.4 Å². The number of rotatable bonds is 6. The Kier molecular flexibility index (Phi) is 8.22. The van der Waals surface area contributed by atoms with Crippen molar-refractivity contribution in [1.29, 1.82) is 0 Å². The molecule has 5 nitrogen and oxygen atoms in total. The van der Waals surface area contributed by atoms with Crippen molar-refractivity contribution in [2.75, 3.05) is 20.1 Å². The molecule has 2 rings (SSSR count). The quantitative estimate of drug-likeness (QED) is 0.287. The Morgan fingerprint density at radius 3 is 2.36 bits per heavy atom. The third-order valence-corrected chi connectivity index (χ3v) is 3.47. The largest absolute Gasteiger partial charge is 0.355 e. The fourth-order valence-corrected chi connectivity index (χ4v) is 1.97. The molecule has 0 radical (unpaired) electrons. The molecule has 0 saturated heterocycles. The van der Waals surface area contributed by atoms with Crippen LogP contribution < -0.4 is 16.0 Å². The van der Waals surface area contributed by atoms with Crippen LogP contribution in [0.25, 0.3) is 0 Å². The Balaban J connectivity index is 0.00000242. The third-order valence-electron chi connectivity index (χ3n) is 3.47. The average molecular weight is 416 g/mol. The van der Waals surface area contributed by atoms with E-state index in [0.29, 0.717) is 13.1 Å². The van der Waals surface area contributed by atoms with Crippen LogP contribution in [0.15, 0.2) is 29.3 Å². The van der Waals surface area contributed by atoms with Crippen LogP contribution in [-0.2, 0) is 11.3 Å². The highest BCUT2D eigenvalue weighted by molar-refractivity contribution is 14.0. The molecule has 122 valence electrons. The molecule has 6 heteroatoms. The maximum atomic E-state index is 11.5. The van der Waals surface area contributed by atoms with E-state index >= 15 is 0 Å². The lowest BCUT2D eigenvalue weighted by molar-refractivity contribution is -0.122. The first kappa shape index (κ1) is 18.7. The minimum atomic E-state index is 0. The first-order valence-electron chi connectivity index (χ1n) is 7.47. The molecule has 22 heavy (non-hydrogen) atoms. The summed E-state index contributed by atoms with van der Waals surface area (Å²) in [5.74, 6) is 1.19. The van der Waals surface area contributed by atoms with Crippen molar-refractivity contribution in [2.24, 2.45) is 10.9 Å². The lowest BCUT2D eigenvalue weighted by Gasteiger charge is -2.12. The zero-order chi connectivity index (χ0) is 15.1. The van der Waals surface area contributed by atoms with Gasteiger partial charge in [-0.1, -0.05) is 29.8 Å². The highest BCUT2D eigenvalue weighted by Gasteiger charge is 2.28. The smallest absolute Gasteiger partial charge is 0.223 e. The van der Waals surface area contributed by atoms with E-state index in [2.05, 4.69) is 52.1 Å². The van der Waals surface area contributed by atoms with Gasteiger partial charge in [0.15, 0.2) is 5.96 Å². The van der Waals surface area contributed by atoms with E-state index in [4.69, 9.17) is 0 Å². The molecule has 1 aromatic rings. The van der Waals surface area contributed by atoms with Crippen LogP contribution >= 0.6 is 24.0 Å². The summed E-state index contributed by atoms with van der Waals surface area (Å²) < 4.78 is 0. The van der Waals surface area contributed by atoms with E-state index in [1.807, 2.05) is 0 Å². The van der Waals surface area contributed by atoms with Gasteiger partial charge in [-0.15, -0.1) is 24.0 Å². The van der Waals surface area contributed by atoms with E-state index in [1.165, 1.54) is 11.1 Å². The molecular weight excluding hydrogens is 391 g/mol. The Hall–Kier alpha value is -1.31. The molecule has 1 aliphatic carbocycles. The summed E-state index contributed by atoms with van der Waals surface area (Å²) in [4.78, 5) is 15.6. The van der Waals surface area contributed by atoms with Gasteiger partial charge in [-0.05, 0) is 25.3 Å². The molecular formula is C16H25IN4O. The molecule has 0 spiro atoms. The molecule has 1 aromatic carbocycles. The second-order valence-electron chi connectivity index (χ2n) is 5.40. The Morgan fingerprint density at radius 1 is 1.14 bits per heavy atom. The van der Waals surface area contributed by atoms with Crippen molar-refractivity contribution in [1.82, 2.24) is 16.0 Å². The number of carbonyl (C=O) groups excluding carboxylic acids is 1. The maximum absolute atomic E-state index is 11.5. The van der Waals surface area contributed by atoms with Crippen molar-refractivity contribution in [3.8, 4) is 0 Å². The lowest BCUT2D eigenvalue weighted by Crippen LogP contribution is -2.41. The van der Waals surface area contributed by atoms with Crippen molar-refractivity contribution in [3.63, 3.8) is 0 Å². The van der Waals surface area contributed by atoms with Crippen molar-refractivity contribution < 1.29 is 4.79 Å². The molecule has 1 saturated carbocycles. The minimum absolute atomic E-state index is 0. The number of carbonyl (C=O) groups is 1. The molecule has 0 aromatic heterocycles. The van der Waals surface area contributed by atoms with Gasteiger partial charge < -0.3 is 16.0 Å². The molecule has 0 bridgehead atoms. The van der Waals surface area contributed by atoms with E-state index in [9.17, 15) is 4.79 Å². The summed E-state index contributed by atoms with van der Waals surface area (Å²) in [6, 6.07) is 8.40. The summed E-state index contributed by atoms with van der Waals surface area (Å²) in [7, 11) is 1.74. The summed E-state index contributed by atoms with van der Waals surface area (Å²) in [6.07, 6.45) is 2.08. The predicted molar refractivity (Wildman–Crippen MR) is 101 cm³/mol. The van der Waals surface area contributed by atoms with Crippen LogP contribution in [0.3, 0.4) is 0 Å². The molecule has 3 N–H and O–H groups in total. The number of hydrogen-bond donors (Lipinski definition) is 3. The van der Waals surface area contributed by atoms with E-state index in [1.54, 1.807) is 7.05 Å². The Morgan fingerprint density at radius 2 is 1.77 bits per heavy atom. The summed E-state index contributed by atoms with van der Waals surface area (Å²) >= 11 is 0. The Bertz CT molecular complexity index is 497. The molecule has 0 unspecified atom stereocenters. The van der Waals surface area contributed by atoms with Crippen molar-refractivity contribution in [2.45, 2.75) is 26.3 Å². The van der Waals surface area contributed by atoms with E-state index in [-0.39, 0.29) is 35.8 Å². The average Bonchev–Trinajstić information content (AvgIpc) is 3.33. The number of amides is 1. The number of guanidine groups is 1. The minimum Gasteiger partial charge on any atom is -0.355 e.